The molecule has 0 aliphatic rings. The number of anilines is 1. The zero-order chi connectivity index (χ0) is 20.0. The molecule has 4 nitrogen and oxygen atoms in total. The number of halogens is 5. The molecule has 0 aromatic heterocycles. The van der Waals surface area contributed by atoms with Crippen molar-refractivity contribution in [3.8, 4) is 0 Å². The molecule has 0 aliphatic heterocycles. The Morgan fingerprint density at radius 1 is 1.07 bits per heavy atom. The second kappa shape index (κ2) is 8.85. The highest BCUT2D eigenvalue weighted by Crippen LogP contribution is 2.36. The second-order valence-electron chi connectivity index (χ2n) is 5.52. The topological polar surface area (TPSA) is 55.4 Å². The number of aryl methyl sites for hydroxylation is 1. The number of hydrogen-bond acceptors (Lipinski definition) is 3. The fraction of sp³-hybridized carbons (Fsp3) is 0.222. The average Bonchev–Trinajstić information content (AvgIpc) is 2.60. The minimum Gasteiger partial charge on any atom is -0.456 e. The van der Waals surface area contributed by atoms with Gasteiger partial charge in [-0.25, -0.2) is 4.39 Å². The number of amides is 1. The minimum absolute atomic E-state index is 0.0618. The van der Waals surface area contributed by atoms with Crippen molar-refractivity contribution in [1.29, 1.82) is 0 Å². The number of esters is 1. The average molecular weight is 404 g/mol. The highest BCUT2D eigenvalue weighted by molar-refractivity contribution is 6.30. The Morgan fingerprint density at radius 3 is 2.37 bits per heavy atom. The first-order chi connectivity index (χ1) is 12.6. The number of hydrogen-bond donors (Lipinski definition) is 1. The number of nitrogens with one attached hydrogen (secondary N) is 1. The number of benzene rings is 2. The Bertz CT molecular complexity index is 822. The van der Waals surface area contributed by atoms with Gasteiger partial charge in [0.15, 0.2) is 6.61 Å². The van der Waals surface area contributed by atoms with E-state index in [2.05, 4.69) is 0 Å². The first-order valence-electron chi connectivity index (χ1n) is 7.72. The fourth-order valence-electron chi connectivity index (χ4n) is 2.16. The number of carbonyl (C=O) groups is 2. The highest BCUT2D eigenvalue weighted by atomic mass is 35.5. The predicted molar refractivity (Wildman–Crippen MR) is 90.8 cm³/mol. The lowest BCUT2D eigenvalue weighted by atomic mass is 10.1. The zero-order valence-corrected chi connectivity index (χ0v) is 14.5. The molecular weight excluding hydrogens is 390 g/mol. The maximum atomic E-state index is 13.0. The summed E-state index contributed by atoms with van der Waals surface area (Å²) in [6.07, 6.45) is -4.50. The predicted octanol–water partition coefficient (Wildman–Crippen LogP) is 4.61. The third kappa shape index (κ3) is 6.56. The van der Waals surface area contributed by atoms with Gasteiger partial charge in [0.1, 0.15) is 5.82 Å². The maximum Gasteiger partial charge on any atom is 0.418 e. The van der Waals surface area contributed by atoms with Crippen LogP contribution in [0.3, 0.4) is 0 Å². The summed E-state index contributed by atoms with van der Waals surface area (Å²) in [6.45, 7) is -0.734. The molecule has 1 N–H and O–H groups in total. The summed E-state index contributed by atoms with van der Waals surface area (Å²) in [4.78, 5) is 23.4. The minimum atomic E-state index is -4.71. The molecule has 2 aromatic rings. The molecule has 2 aromatic carbocycles. The molecule has 0 saturated carbocycles. The molecule has 0 unspecified atom stereocenters. The Morgan fingerprint density at radius 2 is 1.74 bits per heavy atom. The first kappa shape index (κ1) is 20.7. The molecule has 2 rings (SSSR count). The van der Waals surface area contributed by atoms with Crippen LogP contribution in [0.25, 0.3) is 0 Å². The van der Waals surface area contributed by atoms with Crippen LogP contribution >= 0.6 is 11.6 Å². The van der Waals surface area contributed by atoms with E-state index in [9.17, 15) is 27.2 Å². The molecule has 0 heterocycles. The van der Waals surface area contributed by atoms with Gasteiger partial charge in [0, 0.05) is 11.4 Å². The molecule has 144 valence electrons. The van der Waals surface area contributed by atoms with Crippen molar-refractivity contribution < 1.29 is 31.9 Å². The number of alkyl halides is 3. The Kier molecular flexibility index (Phi) is 6.79. The Hall–Kier alpha value is -2.61. The Balaban J connectivity index is 1.85. The molecule has 0 fully saturated rings. The SMILES string of the molecule is O=C(COC(=O)CCc1ccc(F)cc1)Nc1ccc(Cl)cc1C(F)(F)F. The lowest BCUT2D eigenvalue weighted by molar-refractivity contribution is -0.147. The molecule has 0 radical (unpaired) electrons. The van der Waals surface area contributed by atoms with Gasteiger partial charge in [0.05, 0.1) is 11.3 Å². The summed E-state index contributed by atoms with van der Waals surface area (Å²) in [6, 6.07) is 8.41. The summed E-state index contributed by atoms with van der Waals surface area (Å²) in [5.74, 6) is -2.03. The molecular formula is C18H14ClF4NO3. The molecule has 0 spiro atoms. The smallest absolute Gasteiger partial charge is 0.418 e. The van der Waals surface area contributed by atoms with Crippen molar-refractivity contribution in [2.75, 3.05) is 11.9 Å². The van der Waals surface area contributed by atoms with Crippen LogP contribution in [-0.4, -0.2) is 18.5 Å². The van der Waals surface area contributed by atoms with Gasteiger partial charge in [0.25, 0.3) is 5.91 Å². The molecule has 0 saturated heterocycles. The summed E-state index contributed by atoms with van der Waals surface area (Å²) in [5.41, 5.74) is -0.890. The van der Waals surface area contributed by atoms with Gasteiger partial charge in [-0.3, -0.25) is 9.59 Å². The van der Waals surface area contributed by atoms with E-state index in [1.54, 1.807) is 0 Å². The number of rotatable bonds is 6. The Labute approximate surface area is 157 Å². The fourth-order valence-corrected chi connectivity index (χ4v) is 2.33. The van der Waals surface area contributed by atoms with Crippen molar-refractivity contribution in [1.82, 2.24) is 0 Å². The van der Waals surface area contributed by atoms with E-state index in [1.165, 1.54) is 30.3 Å². The summed E-state index contributed by atoms with van der Waals surface area (Å²) in [7, 11) is 0. The van der Waals surface area contributed by atoms with Crippen LogP contribution < -0.4 is 5.32 Å². The summed E-state index contributed by atoms with van der Waals surface area (Å²) < 4.78 is 56.4. The largest absolute Gasteiger partial charge is 0.456 e. The van der Waals surface area contributed by atoms with Gasteiger partial charge in [0.2, 0.25) is 0 Å². The normalized spacial score (nSPS) is 11.1. The number of ether oxygens (including phenoxy) is 1. The number of carbonyl (C=O) groups excluding carboxylic acids is 2. The van der Waals surface area contributed by atoms with Crippen LogP contribution in [0.2, 0.25) is 5.02 Å². The van der Waals surface area contributed by atoms with Crippen LogP contribution in [0.4, 0.5) is 23.2 Å². The van der Waals surface area contributed by atoms with Crippen LogP contribution in [-0.2, 0) is 26.9 Å². The van der Waals surface area contributed by atoms with E-state index >= 15 is 0 Å². The van der Waals surface area contributed by atoms with Crippen molar-refractivity contribution in [3.63, 3.8) is 0 Å². The van der Waals surface area contributed by atoms with E-state index in [0.717, 1.165) is 6.07 Å². The van der Waals surface area contributed by atoms with Crippen molar-refractivity contribution >= 4 is 29.2 Å². The van der Waals surface area contributed by atoms with E-state index in [-0.39, 0.29) is 17.9 Å². The van der Waals surface area contributed by atoms with Crippen molar-refractivity contribution in [3.05, 3.63) is 64.4 Å². The highest BCUT2D eigenvalue weighted by Gasteiger charge is 2.34. The van der Waals surface area contributed by atoms with Crippen LogP contribution in [0.15, 0.2) is 42.5 Å². The third-order valence-electron chi connectivity index (χ3n) is 3.46. The van der Waals surface area contributed by atoms with Gasteiger partial charge >= 0.3 is 12.1 Å². The monoisotopic (exact) mass is 403 g/mol. The van der Waals surface area contributed by atoms with Crippen LogP contribution in [0.1, 0.15) is 17.5 Å². The van der Waals surface area contributed by atoms with Gasteiger partial charge < -0.3 is 10.1 Å². The van der Waals surface area contributed by atoms with E-state index in [1.807, 2.05) is 5.32 Å². The van der Waals surface area contributed by atoms with Gasteiger partial charge in [-0.05, 0) is 42.3 Å². The third-order valence-corrected chi connectivity index (χ3v) is 3.69. The summed E-state index contributed by atoms with van der Waals surface area (Å²) >= 11 is 5.55. The van der Waals surface area contributed by atoms with Crippen molar-refractivity contribution in [2.45, 2.75) is 19.0 Å². The van der Waals surface area contributed by atoms with Crippen LogP contribution in [0.5, 0.6) is 0 Å². The lowest BCUT2D eigenvalue weighted by Crippen LogP contribution is -2.22. The van der Waals surface area contributed by atoms with Crippen molar-refractivity contribution in [2.24, 2.45) is 0 Å². The lowest BCUT2D eigenvalue weighted by Gasteiger charge is -2.14. The molecule has 9 heteroatoms. The van der Waals surface area contributed by atoms with E-state index in [0.29, 0.717) is 11.6 Å². The van der Waals surface area contributed by atoms with Gasteiger partial charge in [-0.1, -0.05) is 23.7 Å². The molecule has 0 bridgehead atoms. The summed E-state index contributed by atoms with van der Waals surface area (Å²) in [5, 5.41) is 1.91. The van der Waals surface area contributed by atoms with Gasteiger partial charge in [-0.15, -0.1) is 0 Å². The van der Waals surface area contributed by atoms with E-state index < -0.39 is 41.7 Å². The maximum absolute atomic E-state index is 13.0. The molecule has 27 heavy (non-hydrogen) atoms. The molecule has 1 amide bonds. The van der Waals surface area contributed by atoms with Gasteiger partial charge in [-0.2, -0.15) is 13.2 Å². The molecule has 0 aliphatic carbocycles. The first-order valence-corrected chi connectivity index (χ1v) is 8.09. The standard InChI is InChI=1S/C18H14ClF4NO3/c19-12-4-7-15(14(9-12)18(21,22)23)24-16(25)10-27-17(26)8-3-11-1-5-13(20)6-2-11/h1-2,4-7,9H,3,8,10H2,(H,24,25). The van der Waals surface area contributed by atoms with E-state index in [4.69, 9.17) is 16.3 Å². The van der Waals surface area contributed by atoms with Crippen LogP contribution in [0, 0.1) is 5.82 Å². The quantitative estimate of drug-likeness (QED) is 0.566. The second-order valence-corrected chi connectivity index (χ2v) is 5.96. The molecule has 0 atom stereocenters. The zero-order valence-electron chi connectivity index (χ0n) is 13.8.